The summed E-state index contributed by atoms with van der Waals surface area (Å²) >= 11 is 0. The van der Waals surface area contributed by atoms with Gasteiger partial charge in [-0.3, -0.25) is 0 Å². The Balaban J connectivity index is 2.51. The second kappa shape index (κ2) is 2.89. The minimum Gasteiger partial charge on any atom is -0.353 e. The summed E-state index contributed by atoms with van der Waals surface area (Å²) in [6.07, 6.45) is 3.02. The van der Waals surface area contributed by atoms with Crippen molar-refractivity contribution in [2.45, 2.75) is 25.0 Å². The normalized spacial score (nSPS) is 30.9. The smallest absolute Gasteiger partial charge is 0.167 e. The van der Waals surface area contributed by atoms with E-state index in [2.05, 4.69) is 6.92 Å². The maximum Gasteiger partial charge on any atom is 0.167 e. The van der Waals surface area contributed by atoms with Crippen molar-refractivity contribution in [1.82, 2.24) is 0 Å². The van der Waals surface area contributed by atoms with Gasteiger partial charge in [0.25, 0.3) is 0 Å². The largest absolute Gasteiger partial charge is 0.353 e. The lowest BCUT2D eigenvalue weighted by Gasteiger charge is -2.25. The van der Waals surface area contributed by atoms with Crippen molar-refractivity contribution in [2.75, 3.05) is 14.2 Å². The summed E-state index contributed by atoms with van der Waals surface area (Å²) in [6.45, 7) is 3.97. The van der Waals surface area contributed by atoms with Crippen molar-refractivity contribution in [2.24, 2.45) is 5.92 Å². The fourth-order valence-electron chi connectivity index (χ4n) is 1.52. The minimum atomic E-state index is -0.313. The molecule has 0 saturated heterocycles. The summed E-state index contributed by atoms with van der Waals surface area (Å²) < 4.78 is 10.5. The highest BCUT2D eigenvalue weighted by atomic mass is 16.7. The molecule has 1 fully saturated rings. The Labute approximate surface area is 62.5 Å². The van der Waals surface area contributed by atoms with Gasteiger partial charge in [-0.1, -0.05) is 0 Å². The van der Waals surface area contributed by atoms with E-state index >= 15 is 0 Å². The molecule has 0 spiro atoms. The Hall–Kier alpha value is -0.0800. The lowest BCUT2D eigenvalue weighted by molar-refractivity contribution is -0.201. The molecule has 1 atom stereocenters. The number of hydrogen-bond donors (Lipinski definition) is 0. The van der Waals surface area contributed by atoms with Gasteiger partial charge in [0.2, 0.25) is 0 Å². The van der Waals surface area contributed by atoms with Crippen molar-refractivity contribution in [3.63, 3.8) is 0 Å². The zero-order valence-corrected chi connectivity index (χ0v) is 6.72. The summed E-state index contributed by atoms with van der Waals surface area (Å²) in [5.74, 6) is 0.187. The second-order valence-electron chi connectivity index (χ2n) is 2.93. The van der Waals surface area contributed by atoms with Crippen LogP contribution in [0, 0.1) is 12.8 Å². The Bertz CT molecular complexity index is 108. The lowest BCUT2D eigenvalue weighted by Crippen LogP contribution is -2.29. The molecule has 1 rings (SSSR count). The van der Waals surface area contributed by atoms with Crippen LogP contribution in [0.5, 0.6) is 0 Å². The standard InChI is InChI=1S/C8H15O2/c1-7-4-5-8(6-7,9-2)10-3/h7H,1,4-6H2,2-3H3. The van der Waals surface area contributed by atoms with Crippen LogP contribution in [0.3, 0.4) is 0 Å². The molecular formula is C8H15O2. The van der Waals surface area contributed by atoms with E-state index in [4.69, 9.17) is 9.47 Å². The molecule has 10 heavy (non-hydrogen) atoms. The van der Waals surface area contributed by atoms with Gasteiger partial charge < -0.3 is 9.47 Å². The molecule has 0 bridgehead atoms. The number of hydrogen-bond acceptors (Lipinski definition) is 2. The third-order valence-electron chi connectivity index (χ3n) is 2.28. The summed E-state index contributed by atoms with van der Waals surface area (Å²) in [5, 5.41) is 0. The van der Waals surface area contributed by atoms with E-state index in [-0.39, 0.29) is 5.79 Å². The van der Waals surface area contributed by atoms with Crippen LogP contribution in [-0.2, 0) is 9.47 Å². The van der Waals surface area contributed by atoms with Gasteiger partial charge in [0.1, 0.15) is 0 Å². The topological polar surface area (TPSA) is 18.5 Å². The fourth-order valence-corrected chi connectivity index (χ4v) is 1.52. The predicted molar refractivity (Wildman–Crippen MR) is 39.4 cm³/mol. The average molecular weight is 143 g/mol. The highest BCUT2D eigenvalue weighted by molar-refractivity contribution is 4.84. The van der Waals surface area contributed by atoms with Crippen LogP contribution in [0.25, 0.3) is 0 Å². The summed E-state index contributed by atoms with van der Waals surface area (Å²) in [5.41, 5.74) is 0. The molecule has 0 aliphatic heterocycles. The second-order valence-corrected chi connectivity index (χ2v) is 2.93. The van der Waals surface area contributed by atoms with Crippen molar-refractivity contribution in [3.8, 4) is 0 Å². The highest BCUT2D eigenvalue weighted by Gasteiger charge is 2.37. The molecule has 1 aliphatic rings. The van der Waals surface area contributed by atoms with Crippen LogP contribution in [0.2, 0.25) is 0 Å². The van der Waals surface area contributed by atoms with Crippen LogP contribution in [0.15, 0.2) is 0 Å². The molecule has 0 aromatic rings. The van der Waals surface area contributed by atoms with Crippen molar-refractivity contribution in [3.05, 3.63) is 6.92 Å². The molecule has 0 N–H and O–H groups in total. The van der Waals surface area contributed by atoms with E-state index in [1.54, 1.807) is 14.2 Å². The van der Waals surface area contributed by atoms with E-state index in [9.17, 15) is 0 Å². The lowest BCUT2D eigenvalue weighted by atomic mass is 10.1. The molecule has 1 saturated carbocycles. The molecule has 1 unspecified atom stereocenters. The zero-order chi connectivity index (χ0) is 7.61. The molecule has 0 amide bonds. The summed E-state index contributed by atoms with van der Waals surface area (Å²) in [6, 6.07) is 0. The molecule has 1 aliphatic carbocycles. The molecule has 2 nitrogen and oxygen atoms in total. The summed E-state index contributed by atoms with van der Waals surface area (Å²) in [4.78, 5) is 0. The Morgan fingerprint density at radius 2 is 2.00 bits per heavy atom. The molecule has 59 valence electrons. The van der Waals surface area contributed by atoms with E-state index in [0.717, 1.165) is 19.3 Å². The first kappa shape index (κ1) is 8.02. The van der Waals surface area contributed by atoms with Gasteiger partial charge in [-0.15, -0.1) is 0 Å². The van der Waals surface area contributed by atoms with Gasteiger partial charge in [-0.05, 0) is 19.3 Å². The van der Waals surface area contributed by atoms with Gasteiger partial charge in [-0.2, -0.15) is 0 Å². The van der Waals surface area contributed by atoms with Gasteiger partial charge in [0, 0.05) is 27.1 Å². The van der Waals surface area contributed by atoms with Crippen LogP contribution >= 0.6 is 0 Å². The molecule has 2 heteroatoms. The Morgan fingerprint density at radius 3 is 2.20 bits per heavy atom. The third-order valence-corrected chi connectivity index (χ3v) is 2.28. The van der Waals surface area contributed by atoms with E-state index in [1.807, 2.05) is 0 Å². The molecule has 0 aromatic carbocycles. The maximum atomic E-state index is 5.26. The third kappa shape index (κ3) is 1.32. The molecular weight excluding hydrogens is 128 g/mol. The van der Waals surface area contributed by atoms with E-state index < -0.39 is 0 Å². The van der Waals surface area contributed by atoms with E-state index in [1.165, 1.54) is 0 Å². The highest BCUT2D eigenvalue weighted by Crippen LogP contribution is 2.36. The van der Waals surface area contributed by atoms with Crippen molar-refractivity contribution < 1.29 is 9.47 Å². The van der Waals surface area contributed by atoms with Gasteiger partial charge >= 0.3 is 0 Å². The van der Waals surface area contributed by atoms with E-state index in [0.29, 0.717) is 5.92 Å². The number of methoxy groups -OCH3 is 2. The first-order chi connectivity index (χ1) is 4.72. The molecule has 0 aromatic heterocycles. The zero-order valence-electron chi connectivity index (χ0n) is 6.72. The van der Waals surface area contributed by atoms with Crippen LogP contribution in [0.4, 0.5) is 0 Å². The number of rotatable bonds is 2. The van der Waals surface area contributed by atoms with Crippen LogP contribution in [0.1, 0.15) is 19.3 Å². The van der Waals surface area contributed by atoms with Crippen LogP contribution < -0.4 is 0 Å². The van der Waals surface area contributed by atoms with Gasteiger partial charge in [0.15, 0.2) is 5.79 Å². The van der Waals surface area contributed by atoms with Crippen molar-refractivity contribution in [1.29, 1.82) is 0 Å². The first-order valence-electron chi connectivity index (χ1n) is 3.66. The average Bonchev–Trinajstić information content (AvgIpc) is 2.33. The van der Waals surface area contributed by atoms with Gasteiger partial charge in [-0.25, -0.2) is 0 Å². The monoisotopic (exact) mass is 143 g/mol. The van der Waals surface area contributed by atoms with Crippen molar-refractivity contribution >= 4 is 0 Å². The molecule has 0 heterocycles. The molecule has 1 radical (unpaired) electrons. The fraction of sp³-hybridized carbons (Fsp3) is 0.875. The SMILES string of the molecule is [CH2]C1CCC(OC)(OC)C1. The maximum absolute atomic E-state index is 5.26. The quantitative estimate of drug-likeness (QED) is 0.547. The Morgan fingerprint density at radius 1 is 1.40 bits per heavy atom. The number of ether oxygens (including phenoxy) is 2. The summed E-state index contributed by atoms with van der Waals surface area (Å²) in [7, 11) is 3.39. The first-order valence-corrected chi connectivity index (χ1v) is 3.66. The Kier molecular flexibility index (Phi) is 2.32. The minimum absolute atomic E-state index is 0.313. The van der Waals surface area contributed by atoms with Crippen LogP contribution in [-0.4, -0.2) is 20.0 Å². The van der Waals surface area contributed by atoms with Gasteiger partial charge in [0.05, 0.1) is 0 Å². The predicted octanol–water partition coefficient (Wildman–Crippen LogP) is 1.61.